The molecule has 3 aliphatic rings. The van der Waals surface area contributed by atoms with Gasteiger partial charge < -0.3 is 20.3 Å². The smallest absolute Gasteiger partial charge is 0.222 e. The molecule has 28 heavy (non-hydrogen) atoms. The molecule has 3 fully saturated rings. The molecule has 2 N–H and O–H groups in total. The average molecular weight is 506 g/mol. The summed E-state index contributed by atoms with van der Waals surface area (Å²) < 4.78 is 6.07. The topological polar surface area (TPSA) is 66.0 Å². The van der Waals surface area contributed by atoms with E-state index in [1.165, 1.54) is 32.1 Å². The second-order valence-corrected chi connectivity index (χ2v) is 8.27. The first kappa shape index (κ1) is 23.7. The molecule has 0 aromatic heterocycles. The number of aliphatic imine (C=N–C) groups is 1. The van der Waals surface area contributed by atoms with E-state index in [0.717, 1.165) is 64.4 Å². The third-order valence-corrected chi connectivity index (χ3v) is 6.62. The zero-order valence-electron chi connectivity index (χ0n) is 17.7. The molecule has 3 rings (SSSR count). The van der Waals surface area contributed by atoms with E-state index < -0.39 is 0 Å². The minimum atomic E-state index is 0. The molecular weight excluding hydrogens is 467 g/mol. The minimum Gasteiger partial charge on any atom is -0.378 e. The first-order chi connectivity index (χ1) is 13.2. The Morgan fingerprint density at radius 3 is 2.68 bits per heavy atom. The first-order valence-electron chi connectivity index (χ1n) is 11.1. The Morgan fingerprint density at radius 1 is 1.25 bits per heavy atom. The van der Waals surface area contributed by atoms with Crippen LogP contribution in [-0.4, -0.2) is 61.7 Å². The molecule has 2 saturated carbocycles. The van der Waals surface area contributed by atoms with Crippen molar-refractivity contribution in [2.75, 3.05) is 32.8 Å². The number of guanidine groups is 1. The molecule has 1 saturated heterocycles. The van der Waals surface area contributed by atoms with E-state index in [-0.39, 0.29) is 24.0 Å². The van der Waals surface area contributed by atoms with Gasteiger partial charge in [0.2, 0.25) is 5.91 Å². The van der Waals surface area contributed by atoms with E-state index in [4.69, 9.17) is 9.73 Å². The maximum Gasteiger partial charge on any atom is 0.222 e. The third-order valence-electron chi connectivity index (χ3n) is 6.62. The van der Waals surface area contributed by atoms with Crippen molar-refractivity contribution in [3.05, 3.63) is 0 Å². The lowest BCUT2D eigenvalue weighted by Crippen LogP contribution is -2.66. The van der Waals surface area contributed by atoms with Gasteiger partial charge in [-0.25, -0.2) is 0 Å². The van der Waals surface area contributed by atoms with Crippen LogP contribution in [0.5, 0.6) is 0 Å². The fourth-order valence-electron chi connectivity index (χ4n) is 5.14. The van der Waals surface area contributed by atoms with Crippen LogP contribution in [0.15, 0.2) is 4.99 Å². The highest BCUT2D eigenvalue weighted by molar-refractivity contribution is 14.0. The Morgan fingerprint density at radius 2 is 2.04 bits per heavy atom. The highest BCUT2D eigenvalue weighted by Gasteiger charge is 2.55. The average Bonchev–Trinajstić information content (AvgIpc) is 3.09. The summed E-state index contributed by atoms with van der Waals surface area (Å²) in [6.45, 7) is 8.40. The van der Waals surface area contributed by atoms with Gasteiger partial charge in [0.05, 0.1) is 6.10 Å². The number of amides is 1. The van der Waals surface area contributed by atoms with Crippen LogP contribution in [0, 0.1) is 5.41 Å². The summed E-state index contributed by atoms with van der Waals surface area (Å²) in [7, 11) is 0. The van der Waals surface area contributed by atoms with E-state index in [1.807, 2.05) is 4.90 Å². The molecule has 2 atom stereocenters. The number of hydrogen-bond acceptors (Lipinski definition) is 3. The Hall–Kier alpha value is -0.570. The van der Waals surface area contributed by atoms with Crippen molar-refractivity contribution in [1.29, 1.82) is 0 Å². The number of rotatable bonds is 8. The van der Waals surface area contributed by atoms with Crippen LogP contribution < -0.4 is 10.6 Å². The molecule has 1 aliphatic heterocycles. The van der Waals surface area contributed by atoms with E-state index in [9.17, 15) is 4.79 Å². The maximum atomic E-state index is 11.7. The fraction of sp³-hybridized carbons (Fsp3) is 0.905. The Kier molecular flexibility index (Phi) is 9.80. The molecule has 2 aliphatic carbocycles. The molecule has 7 heteroatoms. The zero-order valence-corrected chi connectivity index (χ0v) is 20.0. The number of carbonyl (C=O) groups excluding carboxylic acids is 1. The summed E-state index contributed by atoms with van der Waals surface area (Å²) in [4.78, 5) is 18.5. The normalized spacial score (nSPS) is 26.7. The van der Waals surface area contributed by atoms with Crippen molar-refractivity contribution < 1.29 is 9.53 Å². The van der Waals surface area contributed by atoms with Gasteiger partial charge in [0, 0.05) is 50.7 Å². The van der Waals surface area contributed by atoms with Crippen LogP contribution in [0.4, 0.5) is 0 Å². The van der Waals surface area contributed by atoms with Gasteiger partial charge in [0.25, 0.3) is 0 Å². The predicted octanol–water partition coefficient (Wildman–Crippen LogP) is 3.30. The standard InChI is InChI=1S/C21H38N4O2.HI/c1-3-22-20(23-13-9-15-25-14-8-10-19(25)26)24-17-16-18(27-4-2)21(17)11-6-5-7-12-21;/h17-18H,3-16H2,1-2H3,(H2,22,23,24);1H. The minimum absolute atomic E-state index is 0. The molecular formula is C21H39IN4O2. The van der Waals surface area contributed by atoms with Gasteiger partial charge in [-0.15, -0.1) is 24.0 Å². The number of likely N-dealkylation sites (tertiary alicyclic amines) is 1. The second-order valence-electron chi connectivity index (χ2n) is 8.27. The Labute approximate surface area is 187 Å². The second kappa shape index (κ2) is 11.6. The first-order valence-corrected chi connectivity index (χ1v) is 11.1. The van der Waals surface area contributed by atoms with Crippen LogP contribution >= 0.6 is 24.0 Å². The molecule has 1 heterocycles. The fourth-order valence-corrected chi connectivity index (χ4v) is 5.14. The van der Waals surface area contributed by atoms with Crippen molar-refractivity contribution in [2.24, 2.45) is 10.4 Å². The highest BCUT2D eigenvalue weighted by atomic mass is 127. The van der Waals surface area contributed by atoms with Crippen LogP contribution in [-0.2, 0) is 9.53 Å². The van der Waals surface area contributed by atoms with E-state index in [1.54, 1.807) is 0 Å². The molecule has 2 unspecified atom stereocenters. The summed E-state index contributed by atoms with van der Waals surface area (Å²) in [5, 5.41) is 7.12. The van der Waals surface area contributed by atoms with Crippen molar-refractivity contribution in [3.8, 4) is 0 Å². The van der Waals surface area contributed by atoms with Gasteiger partial charge in [0.15, 0.2) is 5.96 Å². The summed E-state index contributed by atoms with van der Waals surface area (Å²) >= 11 is 0. The lowest BCUT2D eigenvalue weighted by molar-refractivity contribution is -0.145. The monoisotopic (exact) mass is 506 g/mol. The lowest BCUT2D eigenvalue weighted by atomic mass is 9.55. The van der Waals surface area contributed by atoms with Gasteiger partial charge in [-0.3, -0.25) is 9.79 Å². The van der Waals surface area contributed by atoms with E-state index in [2.05, 4.69) is 24.5 Å². The van der Waals surface area contributed by atoms with Crippen molar-refractivity contribution >= 4 is 35.8 Å². The van der Waals surface area contributed by atoms with Crippen molar-refractivity contribution in [2.45, 2.75) is 83.8 Å². The molecule has 0 radical (unpaired) electrons. The van der Waals surface area contributed by atoms with E-state index in [0.29, 0.717) is 23.5 Å². The van der Waals surface area contributed by atoms with Crippen LogP contribution in [0.25, 0.3) is 0 Å². The van der Waals surface area contributed by atoms with E-state index >= 15 is 0 Å². The highest BCUT2D eigenvalue weighted by Crippen LogP contribution is 2.53. The molecule has 0 aromatic carbocycles. The predicted molar refractivity (Wildman–Crippen MR) is 124 cm³/mol. The quantitative estimate of drug-likeness (QED) is 0.230. The number of ether oxygens (including phenoxy) is 1. The summed E-state index contributed by atoms with van der Waals surface area (Å²) in [5.41, 5.74) is 0.298. The number of halogens is 1. The Bertz CT molecular complexity index is 523. The SMILES string of the molecule is CCNC(=NCCCN1CCCC1=O)NC1CC(OCC)C12CCCCC2.I. The molecule has 0 aromatic rings. The number of hydrogen-bond donors (Lipinski definition) is 2. The molecule has 162 valence electrons. The lowest BCUT2D eigenvalue weighted by Gasteiger charge is -2.58. The largest absolute Gasteiger partial charge is 0.378 e. The summed E-state index contributed by atoms with van der Waals surface area (Å²) in [6, 6.07) is 0.465. The summed E-state index contributed by atoms with van der Waals surface area (Å²) in [6.07, 6.45) is 10.7. The molecule has 0 bridgehead atoms. The molecule has 6 nitrogen and oxygen atoms in total. The number of nitrogens with one attached hydrogen (secondary N) is 2. The zero-order chi connectivity index (χ0) is 19.1. The van der Waals surface area contributed by atoms with Crippen LogP contribution in [0.3, 0.4) is 0 Å². The van der Waals surface area contributed by atoms with Crippen LogP contribution in [0.1, 0.15) is 71.6 Å². The maximum absolute atomic E-state index is 11.7. The third kappa shape index (κ3) is 5.52. The van der Waals surface area contributed by atoms with Gasteiger partial charge in [-0.2, -0.15) is 0 Å². The van der Waals surface area contributed by atoms with Crippen molar-refractivity contribution in [1.82, 2.24) is 15.5 Å². The van der Waals surface area contributed by atoms with Crippen molar-refractivity contribution in [3.63, 3.8) is 0 Å². The van der Waals surface area contributed by atoms with Gasteiger partial charge >= 0.3 is 0 Å². The Balaban J connectivity index is 0.00000280. The van der Waals surface area contributed by atoms with Gasteiger partial charge in [-0.1, -0.05) is 19.3 Å². The van der Waals surface area contributed by atoms with Gasteiger partial charge in [0.1, 0.15) is 0 Å². The number of carbonyl (C=O) groups is 1. The number of nitrogens with zero attached hydrogens (tertiary/aromatic N) is 2. The molecule has 1 amide bonds. The van der Waals surface area contributed by atoms with Gasteiger partial charge in [-0.05, 0) is 46.0 Å². The summed E-state index contributed by atoms with van der Waals surface area (Å²) in [5.74, 6) is 1.23. The molecule has 1 spiro atoms. The van der Waals surface area contributed by atoms with Crippen LogP contribution in [0.2, 0.25) is 0 Å².